The molecule has 0 saturated carbocycles. The van der Waals surface area contributed by atoms with Crippen LogP contribution in [-0.4, -0.2) is 40.2 Å². The first-order valence-corrected chi connectivity index (χ1v) is 10.8. The van der Waals surface area contributed by atoms with Gasteiger partial charge in [-0.25, -0.2) is 0 Å². The van der Waals surface area contributed by atoms with Gasteiger partial charge < -0.3 is 20.7 Å². The molecule has 6 bridgehead atoms. The number of ether oxygens (including phenoxy) is 1. The Morgan fingerprint density at radius 3 is 2.29 bits per heavy atom. The van der Waals surface area contributed by atoms with Crippen LogP contribution in [0.2, 0.25) is 0 Å². The summed E-state index contributed by atoms with van der Waals surface area (Å²) in [6, 6.07) is 14.1. The minimum Gasteiger partial charge on any atom is -0.454 e. The van der Waals surface area contributed by atoms with Crippen LogP contribution in [0.3, 0.4) is 0 Å². The van der Waals surface area contributed by atoms with Crippen LogP contribution in [0.5, 0.6) is 6.01 Å². The van der Waals surface area contributed by atoms with Gasteiger partial charge in [0.05, 0.1) is 0 Å². The molecular formula is C23H23F3N6O2. The quantitative estimate of drug-likeness (QED) is 0.513. The van der Waals surface area contributed by atoms with Gasteiger partial charge >= 0.3 is 12.2 Å². The number of benzene rings is 2. The number of carbonyl (C=O) groups excluding carboxylic acids is 1. The van der Waals surface area contributed by atoms with E-state index in [1.165, 1.54) is 5.56 Å². The fraction of sp³-hybridized carbons (Fsp3) is 0.304. The lowest BCUT2D eigenvalue weighted by atomic mass is 10.1. The zero-order valence-corrected chi connectivity index (χ0v) is 18.2. The lowest BCUT2D eigenvalue weighted by Crippen LogP contribution is -2.24. The highest BCUT2D eigenvalue weighted by Gasteiger charge is 2.29. The zero-order valence-electron chi connectivity index (χ0n) is 18.2. The van der Waals surface area contributed by atoms with Crippen molar-refractivity contribution in [2.24, 2.45) is 0 Å². The number of nitrogens with one attached hydrogen (secondary N) is 3. The van der Waals surface area contributed by atoms with E-state index in [0.29, 0.717) is 24.3 Å². The lowest BCUT2D eigenvalue weighted by Gasteiger charge is -2.13. The van der Waals surface area contributed by atoms with Gasteiger partial charge in [-0.15, -0.1) is 0 Å². The van der Waals surface area contributed by atoms with Crippen molar-refractivity contribution in [2.75, 3.05) is 23.8 Å². The van der Waals surface area contributed by atoms with E-state index in [2.05, 4.69) is 30.9 Å². The molecule has 1 amide bonds. The van der Waals surface area contributed by atoms with Crippen molar-refractivity contribution >= 4 is 23.5 Å². The second-order valence-corrected chi connectivity index (χ2v) is 7.75. The Kier molecular flexibility index (Phi) is 7.09. The van der Waals surface area contributed by atoms with Crippen molar-refractivity contribution in [1.29, 1.82) is 0 Å². The van der Waals surface area contributed by atoms with Gasteiger partial charge in [-0.3, -0.25) is 4.79 Å². The Labute approximate surface area is 194 Å². The Hall–Kier alpha value is -3.89. The number of alkyl halides is 3. The van der Waals surface area contributed by atoms with Gasteiger partial charge in [-0.2, -0.15) is 28.1 Å². The molecule has 0 radical (unpaired) electrons. The molecule has 0 fully saturated rings. The van der Waals surface area contributed by atoms with Crippen LogP contribution in [0, 0.1) is 0 Å². The van der Waals surface area contributed by atoms with E-state index in [-0.39, 0.29) is 17.8 Å². The normalized spacial score (nSPS) is 14.6. The number of amides is 1. The van der Waals surface area contributed by atoms with Gasteiger partial charge in [0.15, 0.2) is 6.61 Å². The fourth-order valence-corrected chi connectivity index (χ4v) is 3.30. The van der Waals surface area contributed by atoms with E-state index < -0.39 is 18.8 Å². The summed E-state index contributed by atoms with van der Waals surface area (Å²) in [6.45, 7) is -0.584. The minimum atomic E-state index is -4.53. The topological polar surface area (TPSA) is 101 Å². The van der Waals surface area contributed by atoms with Crippen LogP contribution in [0.15, 0.2) is 48.5 Å². The molecule has 1 aromatic heterocycles. The molecule has 0 unspecified atom stereocenters. The SMILES string of the molecule is O=C1NCCCCc2ccc(cc2)CNc2nc(nc(OCC(F)(F)F)n2)Nc2ccc1cc2. The predicted octanol–water partition coefficient (Wildman–Crippen LogP) is 4.23. The fourth-order valence-electron chi connectivity index (χ4n) is 3.30. The van der Waals surface area contributed by atoms with Gasteiger partial charge in [0.25, 0.3) is 5.91 Å². The van der Waals surface area contributed by atoms with Crippen molar-refractivity contribution in [3.63, 3.8) is 0 Å². The van der Waals surface area contributed by atoms with Crippen molar-refractivity contribution in [1.82, 2.24) is 20.3 Å². The third-order valence-corrected chi connectivity index (χ3v) is 5.03. The summed E-state index contributed by atoms with van der Waals surface area (Å²) < 4.78 is 42.6. The molecule has 8 nitrogen and oxygen atoms in total. The van der Waals surface area contributed by atoms with Crippen LogP contribution < -0.4 is 20.7 Å². The highest BCUT2D eigenvalue weighted by atomic mass is 19.4. The number of hydrogen-bond donors (Lipinski definition) is 3. The van der Waals surface area contributed by atoms with E-state index in [1.807, 2.05) is 24.3 Å². The lowest BCUT2D eigenvalue weighted by molar-refractivity contribution is -0.154. The molecule has 3 N–H and O–H groups in total. The molecule has 4 aliphatic heterocycles. The first kappa shape index (κ1) is 23.3. The first-order chi connectivity index (χ1) is 16.3. The number of rotatable bonds is 2. The van der Waals surface area contributed by atoms with Gasteiger partial charge in [-0.05, 0) is 54.7 Å². The van der Waals surface area contributed by atoms with Gasteiger partial charge in [0, 0.05) is 24.3 Å². The molecule has 0 atom stereocenters. The highest BCUT2D eigenvalue weighted by molar-refractivity contribution is 5.94. The van der Waals surface area contributed by atoms with Crippen molar-refractivity contribution in [2.45, 2.75) is 32.0 Å². The van der Waals surface area contributed by atoms with Crippen LogP contribution in [0.25, 0.3) is 0 Å². The third-order valence-electron chi connectivity index (χ3n) is 5.03. The summed E-state index contributed by atoms with van der Waals surface area (Å²) in [5.41, 5.74) is 3.16. The van der Waals surface area contributed by atoms with Crippen LogP contribution >= 0.6 is 0 Å². The number of carbonyl (C=O) groups is 1. The van der Waals surface area contributed by atoms with Crippen LogP contribution in [0.4, 0.5) is 30.8 Å². The maximum Gasteiger partial charge on any atom is 0.422 e. The third kappa shape index (κ3) is 6.80. The van der Waals surface area contributed by atoms with Crippen LogP contribution in [0.1, 0.15) is 34.3 Å². The molecule has 0 aliphatic carbocycles. The first-order valence-electron chi connectivity index (χ1n) is 10.8. The predicted molar refractivity (Wildman–Crippen MR) is 120 cm³/mol. The van der Waals surface area contributed by atoms with Gasteiger partial charge in [0.1, 0.15) is 0 Å². The second kappa shape index (κ2) is 10.4. The van der Waals surface area contributed by atoms with Crippen molar-refractivity contribution in [3.8, 4) is 6.01 Å². The molecule has 0 spiro atoms. The van der Waals surface area contributed by atoms with Crippen molar-refractivity contribution < 1.29 is 22.7 Å². The molecule has 5 heterocycles. The molecule has 7 rings (SSSR count). The number of aromatic nitrogens is 3. The Morgan fingerprint density at radius 1 is 0.853 bits per heavy atom. The summed E-state index contributed by atoms with van der Waals surface area (Å²) in [7, 11) is 0. The largest absolute Gasteiger partial charge is 0.454 e. The summed E-state index contributed by atoms with van der Waals surface area (Å²) >= 11 is 0. The molecule has 34 heavy (non-hydrogen) atoms. The average Bonchev–Trinajstić information content (AvgIpc) is 2.81. The number of aryl methyl sites for hydroxylation is 1. The molecule has 11 heteroatoms. The number of halogens is 3. The molecule has 178 valence electrons. The summed E-state index contributed by atoms with van der Waals surface area (Å²) in [4.78, 5) is 24.5. The monoisotopic (exact) mass is 472 g/mol. The Bertz CT molecular complexity index is 1120. The van der Waals surface area contributed by atoms with E-state index in [1.54, 1.807) is 24.3 Å². The standard InChI is InChI=1S/C23H23F3N6O2/c24-23(25,26)14-34-22-31-20-28-13-16-6-4-15(5-7-16)3-1-2-12-27-19(33)17-8-10-18(11-9-17)29-21(30-20)32-22/h4-11H,1-3,12-14H2,(H,27,33)(H2,28,29,30,31,32). The highest BCUT2D eigenvalue weighted by Crippen LogP contribution is 2.21. The average molecular weight is 472 g/mol. The van der Waals surface area contributed by atoms with Crippen molar-refractivity contribution in [3.05, 3.63) is 65.2 Å². The van der Waals surface area contributed by atoms with E-state index in [0.717, 1.165) is 24.8 Å². The van der Waals surface area contributed by atoms with Gasteiger partial charge in [-0.1, -0.05) is 24.3 Å². The number of nitrogens with zero attached hydrogens (tertiary/aromatic N) is 3. The van der Waals surface area contributed by atoms with Crippen LogP contribution in [-0.2, 0) is 13.0 Å². The molecule has 3 aromatic rings. The summed E-state index contributed by atoms with van der Waals surface area (Å²) in [6.07, 6.45) is -1.84. The molecular weight excluding hydrogens is 449 g/mol. The summed E-state index contributed by atoms with van der Waals surface area (Å²) in [5, 5.41) is 8.82. The number of anilines is 3. The zero-order chi connectivity index (χ0) is 24.0. The maximum absolute atomic E-state index is 12.6. The second-order valence-electron chi connectivity index (χ2n) is 7.75. The molecule has 0 saturated heterocycles. The van der Waals surface area contributed by atoms with E-state index >= 15 is 0 Å². The molecule has 4 aliphatic rings. The molecule has 2 aromatic carbocycles. The smallest absolute Gasteiger partial charge is 0.422 e. The Morgan fingerprint density at radius 2 is 1.56 bits per heavy atom. The Balaban J connectivity index is 1.61. The van der Waals surface area contributed by atoms with Gasteiger partial charge in [0.2, 0.25) is 11.9 Å². The van der Waals surface area contributed by atoms with E-state index in [9.17, 15) is 18.0 Å². The maximum atomic E-state index is 12.6. The minimum absolute atomic E-state index is 0.00312. The number of hydrogen-bond acceptors (Lipinski definition) is 7. The van der Waals surface area contributed by atoms with E-state index in [4.69, 9.17) is 4.74 Å². The summed E-state index contributed by atoms with van der Waals surface area (Å²) in [5.74, 6) is -0.124.